The van der Waals surface area contributed by atoms with Crippen molar-refractivity contribution in [2.75, 3.05) is 0 Å². The van der Waals surface area contributed by atoms with Crippen molar-refractivity contribution >= 4 is 0 Å². The highest BCUT2D eigenvalue weighted by molar-refractivity contribution is 5.34. The Hall–Kier alpha value is -2.31. The molecular formula is C18H19NO2. The number of nitrogens with zero attached hydrogens (tertiary/aromatic N) is 1. The zero-order valence-corrected chi connectivity index (χ0v) is 12.1. The van der Waals surface area contributed by atoms with Gasteiger partial charge in [-0.25, -0.2) is 0 Å². The van der Waals surface area contributed by atoms with Gasteiger partial charge in [0, 0.05) is 5.56 Å². The third kappa shape index (κ3) is 3.84. The molecule has 0 aromatic heterocycles. The summed E-state index contributed by atoms with van der Waals surface area (Å²) in [7, 11) is 0. The van der Waals surface area contributed by atoms with Gasteiger partial charge in [0.15, 0.2) is 6.10 Å². The number of aliphatic hydroxyl groups excluding tert-OH is 1. The molecule has 0 bridgehead atoms. The average Bonchev–Trinajstić information content (AvgIpc) is 2.55. The second-order valence-corrected chi connectivity index (χ2v) is 4.87. The van der Waals surface area contributed by atoms with Gasteiger partial charge >= 0.3 is 0 Å². The summed E-state index contributed by atoms with van der Waals surface area (Å²) in [6, 6.07) is 18.9. The Kier molecular flexibility index (Phi) is 5.36. The van der Waals surface area contributed by atoms with Gasteiger partial charge in [0.1, 0.15) is 11.9 Å². The minimum atomic E-state index is -1.13. The summed E-state index contributed by atoms with van der Waals surface area (Å²) >= 11 is 0. The minimum absolute atomic E-state index is 0.170. The van der Waals surface area contributed by atoms with Gasteiger partial charge in [-0.2, -0.15) is 5.26 Å². The second kappa shape index (κ2) is 7.47. The molecule has 0 aliphatic rings. The summed E-state index contributed by atoms with van der Waals surface area (Å²) in [6.07, 6.45) is 0.481. The molecule has 21 heavy (non-hydrogen) atoms. The number of hydrogen-bond donors (Lipinski definition) is 1. The van der Waals surface area contributed by atoms with Crippen LogP contribution in [0, 0.1) is 11.3 Å². The first-order valence-corrected chi connectivity index (χ1v) is 7.14. The predicted molar refractivity (Wildman–Crippen MR) is 81.7 cm³/mol. The second-order valence-electron chi connectivity index (χ2n) is 4.87. The fourth-order valence-electron chi connectivity index (χ4n) is 2.33. The Bertz CT molecular complexity index is 604. The average molecular weight is 281 g/mol. The van der Waals surface area contributed by atoms with E-state index in [9.17, 15) is 5.11 Å². The molecule has 0 spiro atoms. The van der Waals surface area contributed by atoms with Crippen molar-refractivity contribution in [3.05, 3.63) is 65.7 Å². The number of hydrogen-bond acceptors (Lipinski definition) is 3. The smallest absolute Gasteiger partial charge is 0.166 e. The quantitative estimate of drug-likeness (QED) is 0.809. The lowest BCUT2D eigenvalue weighted by atomic mass is 9.96. The molecule has 2 atom stereocenters. The third-order valence-corrected chi connectivity index (χ3v) is 3.33. The molecule has 2 aromatic rings. The topological polar surface area (TPSA) is 53.2 Å². The molecule has 0 aliphatic heterocycles. The number of rotatable bonds is 6. The van der Waals surface area contributed by atoms with Gasteiger partial charge in [0.05, 0.1) is 6.07 Å². The first-order chi connectivity index (χ1) is 10.3. The maximum Gasteiger partial charge on any atom is 0.166 e. The predicted octanol–water partition coefficient (Wildman–Crippen LogP) is 4.16. The van der Waals surface area contributed by atoms with Crippen LogP contribution in [0.4, 0.5) is 0 Å². The Morgan fingerprint density at radius 3 is 2.29 bits per heavy atom. The van der Waals surface area contributed by atoms with Gasteiger partial charge in [-0.05, 0) is 24.1 Å². The maximum absolute atomic E-state index is 9.88. The summed E-state index contributed by atoms with van der Waals surface area (Å²) in [6.45, 7) is 2.09. The van der Waals surface area contributed by atoms with Crippen LogP contribution in [0.2, 0.25) is 0 Å². The van der Waals surface area contributed by atoms with E-state index in [0.29, 0.717) is 5.56 Å². The summed E-state index contributed by atoms with van der Waals surface area (Å²) in [5.74, 6) is 0.789. The molecule has 0 saturated carbocycles. The molecule has 0 fully saturated rings. The normalized spacial score (nSPS) is 13.2. The van der Waals surface area contributed by atoms with Gasteiger partial charge in [-0.15, -0.1) is 0 Å². The highest BCUT2D eigenvalue weighted by atomic mass is 16.5. The van der Waals surface area contributed by atoms with Crippen LogP contribution < -0.4 is 4.74 Å². The summed E-state index contributed by atoms with van der Waals surface area (Å²) in [4.78, 5) is 0. The Labute approximate surface area is 125 Å². The molecule has 2 aromatic carbocycles. The van der Waals surface area contributed by atoms with Gasteiger partial charge < -0.3 is 9.84 Å². The van der Waals surface area contributed by atoms with Crippen LogP contribution in [0.25, 0.3) is 0 Å². The Morgan fingerprint density at radius 1 is 1.05 bits per heavy atom. The summed E-state index contributed by atoms with van der Waals surface area (Å²) < 4.78 is 6.06. The van der Waals surface area contributed by atoms with Gasteiger partial charge in [0.25, 0.3) is 0 Å². The van der Waals surface area contributed by atoms with E-state index in [-0.39, 0.29) is 6.10 Å². The van der Waals surface area contributed by atoms with Crippen LogP contribution in [0.15, 0.2) is 54.6 Å². The van der Waals surface area contributed by atoms with Crippen molar-refractivity contribution in [3.8, 4) is 11.8 Å². The number of para-hydroxylation sites is 1. The number of aliphatic hydroxyl groups is 1. The Balaban J connectivity index is 2.32. The standard InChI is InChI=1S/C18H19NO2/c1-2-8-18(21-14-9-4-3-5-10-14)16-12-7-6-11-15(16)17(20)13-19/h3-7,9-12,17-18,20H,2,8H2,1H3/t17-,18?/m0/s1. The zero-order valence-electron chi connectivity index (χ0n) is 12.1. The lowest BCUT2D eigenvalue weighted by Crippen LogP contribution is -2.11. The van der Waals surface area contributed by atoms with E-state index in [2.05, 4.69) is 6.92 Å². The van der Waals surface area contributed by atoms with Gasteiger partial charge in [0.2, 0.25) is 0 Å². The lowest BCUT2D eigenvalue weighted by molar-refractivity contribution is 0.183. The van der Waals surface area contributed by atoms with Crippen LogP contribution in [0.1, 0.15) is 43.1 Å². The molecule has 0 radical (unpaired) electrons. The lowest BCUT2D eigenvalue weighted by Gasteiger charge is -2.22. The number of nitriles is 1. The number of ether oxygens (including phenoxy) is 1. The van der Waals surface area contributed by atoms with Crippen LogP contribution in [-0.2, 0) is 0 Å². The van der Waals surface area contributed by atoms with Crippen molar-refractivity contribution in [2.45, 2.75) is 32.0 Å². The van der Waals surface area contributed by atoms with E-state index in [4.69, 9.17) is 10.00 Å². The molecule has 2 rings (SSSR count). The highest BCUT2D eigenvalue weighted by Crippen LogP contribution is 2.30. The first-order valence-electron chi connectivity index (χ1n) is 7.14. The molecule has 3 heteroatoms. The highest BCUT2D eigenvalue weighted by Gasteiger charge is 2.20. The molecule has 0 aliphatic carbocycles. The van der Waals surface area contributed by atoms with Gasteiger partial charge in [-0.3, -0.25) is 0 Å². The van der Waals surface area contributed by atoms with Crippen LogP contribution in [0.5, 0.6) is 5.75 Å². The van der Waals surface area contributed by atoms with E-state index in [1.54, 1.807) is 6.07 Å². The SMILES string of the molecule is CCCC(Oc1ccccc1)c1ccccc1[C@@H](O)C#N. The fourth-order valence-corrected chi connectivity index (χ4v) is 2.33. The molecule has 3 nitrogen and oxygen atoms in total. The molecule has 0 heterocycles. The maximum atomic E-state index is 9.88. The fraction of sp³-hybridized carbons (Fsp3) is 0.278. The molecule has 1 N–H and O–H groups in total. The summed E-state index contributed by atoms with van der Waals surface area (Å²) in [5, 5.41) is 18.8. The van der Waals surface area contributed by atoms with E-state index in [0.717, 1.165) is 24.2 Å². The minimum Gasteiger partial charge on any atom is -0.486 e. The summed E-state index contributed by atoms with van der Waals surface area (Å²) in [5.41, 5.74) is 1.49. The van der Waals surface area contributed by atoms with Crippen molar-refractivity contribution in [1.82, 2.24) is 0 Å². The van der Waals surface area contributed by atoms with Crippen molar-refractivity contribution in [1.29, 1.82) is 5.26 Å². The molecule has 0 amide bonds. The molecular weight excluding hydrogens is 262 g/mol. The van der Waals surface area contributed by atoms with Crippen molar-refractivity contribution in [3.63, 3.8) is 0 Å². The largest absolute Gasteiger partial charge is 0.486 e. The van der Waals surface area contributed by atoms with Crippen LogP contribution in [0.3, 0.4) is 0 Å². The zero-order chi connectivity index (χ0) is 15.1. The van der Waals surface area contributed by atoms with Gasteiger partial charge in [-0.1, -0.05) is 55.8 Å². The van der Waals surface area contributed by atoms with Crippen molar-refractivity contribution in [2.24, 2.45) is 0 Å². The van der Waals surface area contributed by atoms with E-state index >= 15 is 0 Å². The monoisotopic (exact) mass is 281 g/mol. The first kappa shape index (κ1) is 15.1. The molecule has 108 valence electrons. The molecule has 0 saturated heterocycles. The Morgan fingerprint density at radius 2 is 1.67 bits per heavy atom. The van der Waals surface area contributed by atoms with E-state index in [1.807, 2.05) is 54.6 Å². The van der Waals surface area contributed by atoms with E-state index in [1.165, 1.54) is 0 Å². The van der Waals surface area contributed by atoms with E-state index < -0.39 is 6.10 Å². The van der Waals surface area contributed by atoms with Crippen molar-refractivity contribution < 1.29 is 9.84 Å². The molecule has 1 unspecified atom stereocenters. The van der Waals surface area contributed by atoms with Crippen LogP contribution in [-0.4, -0.2) is 5.11 Å². The number of benzene rings is 2. The van der Waals surface area contributed by atoms with Crippen LogP contribution >= 0.6 is 0 Å². The third-order valence-electron chi connectivity index (χ3n) is 3.33.